The van der Waals surface area contributed by atoms with Gasteiger partial charge in [-0.1, -0.05) is 6.92 Å². The zero-order valence-corrected chi connectivity index (χ0v) is 8.47. The molecular weight excluding hydrogens is 164 g/mol. The van der Waals surface area contributed by atoms with Crippen LogP contribution in [0.1, 0.15) is 46.0 Å². The standard InChI is InChI=1S/C11H18O2/c1-8-3-5-10(2)9(12)4-6-11(10,13)7-8/h8,13H,3-7H2,1-2H3/t8?,10-,11+/m1/s1. The third-order valence-electron chi connectivity index (χ3n) is 4.23. The summed E-state index contributed by atoms with van der Waals surface area (Å²) in [7, 11) is 0. The first kappa shape index (κ1) is 9.20. The second-order valence-electron chi connectivity index (χ2n) is 5.13. The fourth-order valence-electron chi connectivity index (χ4n) is 3.04. The number of carbonyl (C=O) groups is 1. The Hall–Kier alpha value is -0.370. The molecule has 0 aliphatic heterocycles. The second-order valence-corrected chi connectivity index (χ2v) is 5.13. The molecule has 2 rings (SSSR count). The maximum absolute atomic E-state index is 11.7. The van der Waals surface area contributed by atoms with Gasteiger partial charge in [0.05, 0.1) is 11.0 Å². The molecule has 2 fully saturated rings. The highest BCUT2D eigenvalue weighted by molar-refractivity contribution is 5.88. The molecule has 0 amide bonds. The van der Waals surface area contributed by atoms with Gasteiger partial charge in [-0.15, -0.1) is 0 Å². The van der Waals surface area contributed by atoms with Crippen LogP contribution in [0.25, 0.3) is 0 Å². The Morgan fingerprint density at radius 2 is 2.15 bits per heavy atom. The number of ketones is 1. The summed E-state index contributed by atoms with van der Waals surface area (Å²) in [4.78, 5) is 11.7. The third kappa shape index (κ3) is 1.08. The maximum Gasteiger partial charge on any atom is 0.141 e. The molecule has 0 aromatic carbocycles. The van der Waals surface area contributed by atoms with E-state index in [-0.39, 0.29) is 5.78 Å². The highest BCUT2D eigenvalue weighted by Crippen LogP contribution is 2.53. The van der Waals surface area contributed by atoms with Crippen molar-refractivity contribution in [2.45, 2.75) is 51.6 Å². The fraction of sp³-hybridized carbons (Fsp3) is 0.909. The molecule has 3 atom stereocenters. The Bertz CT molecular complexity index is 248. The molecule has 2 aliphatic rings. The van der Waals surface area contributed by atoms with E-state index in [0.29, 0.717) is 18.8 Å². The molecule has 74 valence electrons. The van der Waals surface area contributed by atoms with Gasteiger partial charge < -0.3 is 5.11 Å². The second kappa shape index (κ2) is 2.57. The largest absolute Gasteiger partial charge is 0.389 e. The topological polar surface area (TPSA) is 37.3 Å². The highest BCUT2D eigenvalue weighted by Gasteiger charge is 2.58. The Morgan fingerprint density at radius 3 is 2.85 bits per heavy atom. The molecule has 0 bridgehead atoms. The normalized spacial score (nSPS) is 50.7. The number of hydrogen-bond donors (Lipinski definition) is 1. The van der Waals surface area contributed by atoms with E-state index in [9.17, 15) is 9.90 Å². The van der Waals surface area contributed by atoms with Crippen LogP contribution < -0.4 is 0 Å². The van der Waals surface area contributed by atoms with E-state index in [4.69, 9.17) is 0 Å². The van der Waals surface area contributed by atoms with Crippen molar-refractivity contribution in [1.29, 1.82) is 0 Å². The smallest absolute Gasteiger partial charge is 0.141 e. The van der Waals surface area contributed by atoms with Gasteiger partial charge in [0.2, 0.25) is 0 Å². The minimum atomic E-state index is -0.679. The number of fused-ring (bicyclic) bond motifs is 1. The molecule has 13 heavy (non-hydrogen) atoms. The van der Waals surface area contributed by atoms with Crippen LogP contribution >= 0.6 is 0 Å². The summed E-state index contributed by atoms with van der Waals surface area (Å²) in [5, 5.41) is 10.4. The van der Waals surface area contributed by atoms with Gasteiger partial charge in [0.1, 0.15) is 5.78 Å². The summed E-state index contributed by atoms with van der Waals surface area (Å²) >= 11 is 0. The molecule has 2 nitrogen and oxygen atoms in total. The van der Waals surface area contributed by atoms with Crippen LogP contribution in [0.2, 0.25) is 0 Å². The van der Waals surface area contributed by atoms with Crippen LogP contribution in [0.4, 0.5) is 0 Å². The van der Waals surface area contributed by atoms with Crippen molar-refractivity contribution in [2.75, 3.05) is 0 Å². The van der Waals surface area contributed by atoms with Crippen LogP contribution in [-0.2, 0) is 4.79 Å². The van der Waals surface area contributed by atoms with Crippen LogP contribution in [0, 0.1) is 11.3 Å². The lowest BCUT2D eigenvalue weighted by Gasteiger charge is -2.44. The van der Waals surface area contributed by atoms with Crippen LogP contribution in [0.3, 0.4) is 0 Å². The predicted octanol–water partition coefficient (Wildman–Crippen LogP) is 1.91. The first-order valence-electron chi connectivity index (χ1n) is 5.24. The lowest BCUT2D eigenvalue weighted by molar-refractivity contribution is -0.143. The molecule has 2 heteroatoms. The molecule has 0 aromatic heterocycles. The molecule has 0 saturated heterocycles. The Labute approximate surface area is 79.3 Å². The summed E-state index contributed by atoms with van der Waals surface area (Å²) in [5.74, 6) is 0.853. The average Bonchev–Trinajstić information content (AvgIpc) is 2.28. The molecule has 0 heterocycles. The molecule has 0 radical (unpaired) electrons. The Kier molecular flexibility index (Phi) is 1.82. The molecule has 1 unspecified atom stereocenters. The van der Waals surface area contributed by atoms with E-state index >= 15 is 0 Å². The van der Waals surface area contributed by atoms with Crippen molar-refractivity contribution >= 4 is 5.78 Å². The van der Waals surface area contributed by atoms with Gasteiger partial charge in [-0.05, 0) is 38.5 Å². The molecule has 0 spiro atoms. The van der Waals surface area contributed by atoms with E-state index in [2.05, 4.69) is 6.92 Å². The number of hydrogen-bond acceptors (Lipinski definition) is 2. The Morgan fingerprint density at radius 1 is 1.46 bits per heavy atom. The minimum Gasteiger partial charge on any atom is -0.389 e. The van der Waals surface area contributed by atoms with Crippen molar-refractivity contribution in [1.82, 2.24) is 0 Å². The minimum absolute atomic E-state index is 0.280. The first-order valence-corrected chi connectivity index (χ1v) is 5.24. The van der Waals surface area contributed by atoms with Gasteiger partial charge in [-0.25, -0.2) is 0 Å². The first-order chi connectivity index (χ1) is 5.98. The molecule has 2 aliphatic carbocycles. The zero-order chi connectivity index (χ0) is 9.69. The van der Waals surface area contributed by atoms with Crippen molar-refractivity contribution in [3.8, 4) is 0 Å². The van der Waals surface area contributed by atoms with Gasteiger partial charge >= 0.3 is 0 Å². The van der Waals surface area contributed by atoms with Crippen molar-refractivity contribution in [3.63, 3.8) is 0 Å². The molecule has 2 saturated carbocycles. The summed E-state index contributed by atoms with van der Waals surface area (Å²) in [5.41, 5.74) is -1.10. The van der Waals surface area contributed by atoms with Gasteiger partial charge in [0, 0.05) is 6.42 Å². The summed E-state index contributed by atoms with van der Waals surface area (Å²) < 4.78 is 0. The lowest BCUT2D eigenvalue weighted by Crippen LogP contribution is -2.49. The lowest BCUT2D eigenvalue weighted by atomic mass is 9.63. The highest BCUT2D eigenvalue weighted by atomic mass is 16.3. The van der Waals surface area contributed by atoms with Crippen LogP contribution in [0.15, 0.2) is 0 Å². The van der Waals surface area contributed by atoms with Gasteiger partial charge in [-0.2, -0.15) is 0 Å². The van der Waals surface area contributed by atoms with Gasteiger partial charge in [0.25, 0.3) is 0 Å². The van der Waals surface area contributed by atoms with Gasteiger partial charge in [0.15, 0.2) is 0 Å². The van der Waals surface area contributed by atoms with Crippen molar-refractivity contribution in [3.05, 3.63) is 0 Å². The molecule has 0 aromatic rings. The zero-order valence-electron chi connectivity index (χ0n) is 8.47. The Balaban J connectivity index is 2.32. The summed E-state index contributed by atoms with van der Waals surface area (Å²) in [6.07, 6.45) is 4.05. The number of Topliss-reactive ketones (excluding diaryl/α,β-unsaturated/α-hetero) is 1. The van der Waals surface area contributed by atoms with Crippen LogP contribution in [-0.4, -0.2) is 16.5 Å². The van der Waals surface area contributed by atoms with E-state index < -0.39 is 11.0 Å². The molecular formula is C11H18O2. The monoisotopic (exact) mass is 182 g/mol. The van der Waals surface area contributed by atoms with Crippen molar-refractivity contribution < 1.29 is 9.90 Å². The fourth-order valence-corrected chi connectivity index (χ4v) is 3.04. The van der Waals surface area contributed by atoms with E-state index in [1.165, 1.54) is 0 Å². The van der Waals surface area contributed by atoms with Gasteiger partial charge in [-0.3, -0.25) is 4.79 Å². The third-order valence-corrected chi connectivity index (χ3v) is 4.23. The maximum atomic E-state index is 11.7. The number of aliphatic hydroxyl groups is 1. The predicted molar refractivity (Wildman–Crippen MR) is 50.3 cm³/mol. The van der Waals surface area contributed by atoms with E-state index in [0.717, 1.165) is 19.3 Å². The van der Waals surface area contributed by atoms with E-state index in [1.807, 2.05) is 6.92 Å². The summed E-state index contributed by atoms with van der Waals surface area (Å²) in [6, 6.07) is 0. The quantitative estimate of drug-likeness (QED) is 0.621. The summed E-state index contributed by atoms with van der Waals surface area (Å²) in [6.45, 7) is 4.12. The number of carbonyl (C=O) groups excluding carboxylic acids is 1. The van der Waals surface area contributed by atoms with E-state index in [1.54, 1.807) is 0 Å². The van der Waals surface area contributed by atoms with Crippen molar-refractivity contribution in [2.24, 2.45) is 11.3 Å². The molecule has 1 N–H and O–H groups in total. The average molecular weight is 182 g/mol. The SMILES string of the molecule is CC1CC[C@]2(C)C(=O)CC[C@]2(O)C1. The number of rotatable bonds is 0. The van der Waals surface area contributed by atoms with Crippen LogP contribution in [0.5, 0.6) is 0 Å².